The molecule has 0 saturated heterocycles. The largest absolute Gasteiger partial charge is 0.493 e. The summed E-state index contributed by atoms with van der Waals surface area (Å²) in [5, 5.41) is 3.53. The lowest BCUT2D eigenvalue weighted by molar-refractivity contribution is -0.119. The number of benzene rings is 1. The van der Waals surface area contributed by atoms with Crippen molar-refractivity contribution in [2.45, 2.75) is 43.9 Å². The number of ether oxygens (including phenoxy) is 2. The minimum absolute atomic E-state index is 0.0430. The first-order chi connectivity index (χ1) is 13.1. The van der Waals surface area contributed by atoms with Gasteiger partial charge in [-0.15, -0.1) is 11.8 Å². The monoisotopic (exact) mass is 391 g/mol. The minimum atomic E-state index is -0.233. The molecule has 0 atom stereocenters. The minimum Gasteiger partial charge on any atom is -0.493 e. The van der Waals surface area contributed by atoms with Crippen molar-refractivity contribution in [2.75, 3.05) is 20.0 Å². The van der Waals surface area contributed by atoms with Crippen molar-refractivity contribution in [3.05, 3.63) is 28.3 Å². The number of amides is 1. The summed E-state index contributed by atoms with van der Waals surface area (Å²) in [5.41, 5.74) is 0.307. The lowest BCUT2D eigenvalue weighted by atomic mass is 9.95. The molecule has 0 aliphatic heterocycles. The average molecular weight is 391 g/mol. The van der Waals surface area contributed by atoms with Gasteiger partial charge in [0.1, 0.15) is 5.82 Å². The smallest absolute Gasteiger partial charge is 0.258 e. The van der Waals surface area contributed by atoms with Crippen LogP contribution in [0.2, 0.25) is 0 Å². The van der Waals surface area contributed by atoms with Crippen LogP contribution in [0.5, 0.6) is 11.5 Å². The van der Waals surface area contributed by atoms with Crippen molar-refractivity contribution in [1.29, 1.82) is 0 Å². The maximum Gasteiger partial charge on any atom is 0.258 e. The van der Waals surface area contributed by atoms with E-state index in [1.54, 1.807) is 19.2 Å². The number of rotatable bonds is 7. The van der Waals surface area contributed by atoms with E-state index in [1.807, 2.05) is 0 Å². The molecule has 1 aliphatic carbocycles. The maximum absolute atomic E-state index is 12.3. The molecule has 2 aromatic rings. The molecule has 1 amide bonds. The van der Waals surface area contributed by atoms with Gasteiger partial charge in [0.25, 0.3) is 5.56 Å². The molecule has 0 bridgehead atoms. The van der Waals surface area contributed by atoms with Crippen molar-refractivity contribution >= 4 is 28.6 Å². The Labute approximate surface area is 162 Å². The quantitative estimate of drug-likeness (QED) is 0.754. The molecule has 27 heavy (non-hydrogen) atoms. The number of nitrogens with zero attached hydrogens (tertiary/aromatic N) is 1. The predicted octanol–water partition coefficient (Wildman–Crippen LogP) is 2.62. The highest BCUT2D eigenvalue weighted by atomic mass is 32.2. The number of hydrogen-bond acceptors (Lipinski definition) is 6. The molecule has 0 unspecified atom stereocenters. The van der Waals surface area contributed by atoms with E-state index in [0.29, 0.717) is 45.8 Å². The Morgan fingerprint density at radius 3 is 2.63 bits per heavy atom. The number of H-pyrrole nitrogens is 1. The zero-order valence-corrected chi connectivity index (χ0v) is 16.5. The fourth-order valence-electron chi connectivity index (χ4n) is 3.34. The fourth-order valence-corrected chi connectivity index (χ4v) is 4.04. The van der Waals surface area contributed by atoms with Crippen molar-refractivity contribution in [3.8, 4) is 11.5 Å². The number of nitrogens with one attached hydrogen (secondary N) is 2. The number of carbonyl (C=O) groups is 1. The number of aromatic nitrogens is 2. The van der Waals surface area contributed by atoms with Crippen LogP contribution in [0.1, 0.15) is 37.9 Å². The zero-order chi connectivity index (χ0) is 19.2. The summed E-state index contributed by atoms with van der Waals surface area (Å²) in [4.78, 5) is 31.7. The van der Waals surface area contributed by atoms with Crippen LogP contribution < -0.4 is 20.3 Å². The highest BCUT2D eigenvalue weighted by Gasteiger charge is 2.16. The molecule has 0 radical (unpaired) electrons. The van der Waals surface area contributed by atoms with Crippen LogP contribution in [0.4, 0.5) is 0 Å². The Hall–Kier alpha value is -2.22. The van der Waals surface area contributed by atoms with Gasteiger partial charge in [-0.25, -0.2) is 4.98 Å². The molecular formula is C19H25N3O4S. The van der Waals surface area contributed by atoms with Crippen LogP contribution in [0.3, 0.4) is 0 Å². The number of aromatic amines is 1. The molecule has 1 aromatic carbocycles. The Bertz CT molecular complexity index is 862. The van der Waals surface area contributed by atoms with Crippen molar-refractivity contribution in [3.63, 3.8) is 0 Å². The van der Waals surface area contributed by atoms with Crippen LogP contribution >= 0.6 is 11.8 Å². The van der Waals surface area contributed by atoms with E-state index in [1.165, 1.54) is 38.1 Å². The number of carbonyl (C=O) groups excluding carboxylic acids is 1. The van der Waals surface area contributed by atoms with Gasteiger partial charge in [0.2, 0.25) is 5.91 Å². The molecule has 3 rings (SSSR count). The third-order valence-corrected chi connectivity index (χ3v) is 5.65. The molecule has 146 valence electrons. The second kappa shape index (κ2) is 9.12. The van der Waals surface area contributed by atoms with Gasteiger partial charge >= 0.3 is 0 Å². The fraction of sp³-hybridized carbons (Fsp3) is 0.526. The standard InChI is InChI=1S/C19H25N3O4S/c1-25-15-8-13-14(9-16(15)26-2)21-17(22-19(13)24)10-27-11-18(23)20-12-6-4-3-5-7-12/h8-9,12H,3-7,10-11H2,1-2H3,(H,20,23)(H,21,22,24). The summed E-state index contributed by atoms with van der Waals surface area (Å²) < 4.78 is 10.5. The van der Waals surface area contributed by atoms with Crippen molar-refractivity contribution < 1.29 is 14.3 Å². The first-order valence-electron chi connectivity index (χ1n) is 9.12. The second-order valence-corrected chi connectivity index (χ2v) is 7.62. The van der Waals surface area contributed by atoms with Crippen LogP contribution in [-0.2, 0) is 10.5 Å². The average Bonchev–Trinajstić information content (AvgIpc) is 2.67. The Morgan fingerprint density at radius 1 is 1.22 bits per heavy atom. The summed E-state index contributed by atoms with van der Waals surface area (Å²) in [5.74, 6) is 2.39. The molecule has 1 aromatic heterocycles. The molecule has 2 N–H and O–H groups in total. The van der Waals surface area contributed by atoms with E-state index in [0.717, 1.165) is 12.8 Å². The molecule has 1 aliphatic rings. The Kier molecular flexibility index (Phi) is 6.60. The van der Waals surface area contributed by atoms with E-state index >= 15 is 0 Å². The Morgan fingerprint density at radius 2 is 1.93 bits per heavy atom. The van der Waals surface area contributed by atoms with Crippen molar-refractivity contribution in [2.24, 2.45) is 0 Å². The highest BCUT2D eigenvalue weighted by Crippen LogP contribution is 2.30. The third kappa shape index (κ3) is 4.94. The third-order valence-electron chi connectivity index (χ3n) is 4.70. The van der Waals surface area contributed by atoms with Gasteiger partial charge in [0, 0.05) is 12.1 Å². The summed E-state index contributed by atoms with van der Waals surface area (Å²) >= 11 is 1.44. The second-order valence-electron chi connectivity index (χ2n) is 6.63. The molecule has 1 heterocycles. The molecule has 0 spiro atoms. The lowest BCUT2D eigenvalue weighted by Gasteiger charge is -2.22. The summed E-state index contributed by atoms with van der Waals surface area (Å²) in [6, 6.07) is 3.62. The Balaban J connectivity index is 1.63. The van der Waals surface area contributed by atoms with Crippen LogP contribution in [0.15, 0.2) is 16.9 Å². The first kappa shape index (κ1) is 19.5. The molecule has 1 saturated carbocycles. The van der Waals surface area contributed by atoms with E-state index in [2.05, 4.69) is 15.3 Å². The van der Waals surface area contributed by atoms with Crippen LogP contribution in [0.25, 0.3) is 10.9 Å². The number of thioether (sulfide) groups is 1. The molecule has 1 fully saturated rings. The summed E-state index contributed by atoms with van der Waals surface area (Å²) in [7, 11) is 3.06. The van der Waals surface area contributed by atoms with E-state index < -0.39 is 0 Å². The van der Waals surface area contributed by atoms with Gasteiger partial charge in [-0.1, -0.05) is 19.3 Å². The first-order valence-corrected chi connectivity index (χ1v) is 10.3. The lowest BCUT2D eigenvalue weighted by Crippen LogP contribution is -2.37. The normalized spacial score (nSPS) is 14.9. The molecular weight excluding hydrogens is 366 g/mol. The van der Waals surface area contributed by atoms with Crippen LogP contribution in [-0.4, -0.2) is 41.9 Å². The number of fused-ring (bicyclic) bond motifs is 1. The van der Waals surface area contributed by atoms with E-state index in [-0.39, 0.29) is 11.5 Å². The van der Waals surface area contributed by atoms with Gasteiger partial charge in [-0.2, -0.15) is 0 Å². The number of hydrogen-bond donors (Lipinski definition) is 2. The maximum atomic E-state index is 12.3. The van der Waals surface area contributed by atoms with Gasteiger partial charge in [0.05, 0.1) is 36.6 Å². The van der Waals surface area contributed by atoms with Crippen molar-refractivity contribution in [1.82, 2.24) is 15.3 Å². The van der Waals surface area contributed by atoms with Gasteiger partial charge in [-0.3, -0.25) is 9.59 Å². The molecule has 8 heteroatoms. The van der Waals surface area contributed by atoms with E-state index in [4.69, 9.17) is 9.47 Å². The van der Waals surface area contributed by atoms with E-state index in [9.17, 15) is 9.59 Å². The van der Waals surface area contributed by atoms with Gasteiger partial charge in [0.15, 0.2) is 11.5 Å². The number of methoxy groups -OCH3 is 2. The highest BCUT2D eigenvalue weighted by molar-refractivity contribution is 7.99. The zero-order valence-electron chi connectivity index (χ0n) is 15.7. The summed E-state index contributed by atoms with van der Waals surface area (Å²) in [6.45, 7) is 0. The molecule has 7 nitrogen and oxygen atoms in total. The SMILES string of the molecule is COc1cc2nc(CSCC(=O)NC3CCCCC3)[nH]c(=O)c2cc1OC. The van der Waals surface area contributed by atoms with Crippen LogP contribution in [0, 0.1) is 0 Å². The van der Waals surface area contributed by atoms with Gasteiger partial charge < -0.3 is 19.8 Å². The predicted molar refractivity (Wildman–Crippen MR) is 107 cm³/mol. The van der Waals surface area contributed by atoms with Gasteiger partial charge in [-0.05, 0) is 18.9 Å². The topological polar surface area (TPSA) is 93.3 Å². The summed E-state index contributed by atoms with van der Waals surface area (Å²) in [6.07, 6.45) is 5.78.